The van der Waals surface area contributed by atoms with Crippen molar-refractivity contribution < 1.29 is 19.1 Å². The highest BCUT2D eigenvalue weighted by Crippen LogP contribution is 2.39. The van der Waals surface area contributed by atoms with Crippen molar-refractivity contribution >= 4 is 39.7 Å². The number of amides is 3. The summed E-state index contributed by atoms with van der Waals surface area (Å²) in [5, 5.41) is 6.33. The molecule has 0 spiro atoms. The number of carbonyl (C=O) groups is 3. The summed E-state index contributed by atoms with van der Waals surface area (Å²) in [6.07, 6.45) is 1.94. The average Bonchev–Trinajstić information content (AvgIpc) is 3.18. The number of aryl methyl sites for hydroxylation is 3. The second kappa shape index (κ2) is 10.8. The summed E-state index contributed by atoms with van der Waals surface area (Å²) in [6, 6.07) is 10.6. The second-order valence-corrected chi connectivity index (χ2v) is 11.0. The number of thiophene rings is 1. The number of primary amides is 1. The van der Waals surface area contributed by atoms with Gasteiger partial charge in [0, 0.05) is 16.1 Å². The summed E-state index contributed by atoms with van der Waals surface area (Å²) in [5.74, 6) is -0.106. The molecule has 0 radical (unpaired) electrons. The molecule has 194 valence electrons. The fourth-order valence-corrected chi connectivity index (χ4v) is 6.23. The maximum absolute atomic E-state index is 12.9. The zero-order valence-electron chi connectivity index (χ0n) is 21.9. The molecule has 3 aromatic rings. The van der Waals surface area contributed by atoms with Gasteiger partial charge in [0.2, 0.25) is 0 Å². The molecule has 2 aromatic carbocycles. The van der Waals surface area contributed by atoms with Gasteiger partial charge in [0.15, 0.2) is 6.10 Å². The minimum Gasteiger partial charge on any atom is -0.481 e. The SMILES string of the molecule is Cc1cc(C)c(NC(=O)C(C)Oc2ccc(C(=O)Nc3sc4c(c3C(N)=O)CCC(C)C4)cc2)c(C)c1. The summed E-state index contributed by atoms with van der Waals surface area (Å²) < 4.78 is 5.82. The van der Waals surface area contributed by atoms with Crippen molar-refractivity contribution in [2.24, 2.45) is 11.7 Å². The minimum atomic E-state index is -0.738. The molecule has 0 saturated carbocycles. The smallest absolute Gasteiger partial charge is 0.265 e. The first-order valence-corrected chi connectivity index (χ1v) is 13.3. The van der Waals surface area contributed by atoms with Gasteiger partial charge in [0.25, 0.3) is 17.7 Å². The van der Waals surface area contributed by atoms with Crippen molar-refractivity contribution in [2.75, 3.05) is 10.6 Å². The third-order valence-electron chi connectivity index (χ3n) is 6.71. The van der Waals surface area contributed by atoms with Crippen molar-refractivity contribution in [3.8, 4) is 5.75 Å². The van der Waals surface area contributed by atoms with E-state index in [9.17, 15) is 14.4 Å². The molecule has 8 heteroatoms. The molecule has 3 amide bonds. The van der Waals surface area contributed by atoms with E-state index in [-0.39, 0.29) is 11.8 Å². The van der Waals surface area contributed by atoms with Gasteiger partial charge >= 0.3 is 0 Å². The van der Waals surface area contributed by atoms with E-state index in [1.165, 1.54) is 11.3 Å². The van der Waals surface area contributed by atoms with Crippen LogP contribution in [-0.4, -0.2) is 23.8 Å². The Kier molecular flexibility index (Phi) is 7.68. The molecule has 0 bridgehead atoms. The van der Waals surface area contributed by atoms with E-state index in [1.54, 1.807) is 31.2 Å². The molecular formula is C29H33N3O4S. The Labute approximate surface area is 221 Å². The van der Waals surface area contributed by atoms with Gasteiger partial charge in [0.1, 0.15) is 10.8 Å². The Morgan fingerprint density at radius 1 is 1.05 bits per heavy atom. The van der Waals surface area contributed by atoms with Crippen molar-refractivity contribution in [1.29, 1.82) is 0 Å². The lowest BCUT2D eigenvalue weighted by molar-refractivity contribution is -0.122. The van der Waals surface area contributed by atoms with Crippen LogP contribution in [0.1, 0.15) is 68.1 Å². The standard InChI is InChI=1S/C29H33N3O4S/c1-15-6-11-22-23(14-15)37-29(24(22)26(30)33)32-28(35)20-7-9-21(10-8-20)36-19(5)27(34)31-25-17(3)12-16(2)13-18(25)4/h7-10,12-13,15,19H,6,11,14H2,1-5H3,(H2,30,33)(H,31,34)(H,32,35). The van der Waals surface area contributed by atoms with Crippen molar-refractivity contribution in [3.05, 3.63) is 74.7 Å². The fraction of sp³-hybridized carbons (Fsp3) is 0.345. The molecule has 0 fully saturated rings. The topological polar surface area (TPSA) is 111 Å². The number of rotatable bonds is 7. The molecule has 2 atom stereocenters. The maximum atomic E-state index is 12.9. The van der Waals surface area contributed by atoms with Gasteiger partial charge in [0.05, 0.1) is 5.56 Å². The molecule has 1 aromatic heterocycles. The zero-order chi connectivity index (χ0) is 26.9. The van der Waals surface area contributed by atoms with Crippen molar-refractivity contribution in [3.63, 3.8) is 0 Å². The molecule has 1 aliphatic carbocycles. The molecule has 7 nitrogen and oxygen atoms in total. The third kappa shape index (κ3) is 5.85. The van der Waals surface area contributed by atoms with Gasteiger partial charge in [-0.05, 0) is 93.8 Å². The number of fused-ring (bicyclic) bond motifs is 1. The zero-order valence-corrected chi connectivity index (χ0v) is 22.7. The summed E-state index contributed by atoms with van der Waals surface area (Å²) in [6.45, 7) is 9.81. The third-order valence-corrected chi connectivity index (χ3v) is 7.88. The molecule has 0 saturated heterocycles. The average molecular weight is 520 g/mol. The Balaban J connectivity index is 1.41. The first kappa shape index (κ1) is 26.4. The molecular weight excluding hydrogens is 486 g/mol. The highest BCUT2D eigenvalue weighted by atomic mass is 32.1. The van der Waals surface area contributed by atoms with Crippen LogP contribution in [0.4, 0.5) is 10.7 Å². The summed E-state index contributed by atoms with van der Waals surface area (Å²) >= 11 is 1.43. The predicted molar refractivity (Wildman–Crippen MR) is 148 cm³/mol. The van der Waals surface area contributed by atoms with E-state index in [1.807, 2.05) is 32.9 Å². The highest BCUT2D eigenvalue weighted by Gasteiger charge is 2.27. The van der Waals surface area contributed by atoms with E-state index in [4.69, 9.17) is 10.5 Å². The number of anilines is 2. The van der Waals surface area contributed by atoms with Gasteiger partial charge in [-0.2, -0.15) is 0 Å². The van der Waals surface area contributed by atoms with Crippen LogP contribution < -0.4 is 21.1 Å². The Morgan fingerprint density at radius 3 is 2.32 bits per heavy atom. The highest BCUT2D eigenvalue weighted by molar-refractivity contribution is 7.17. The van der Waals surface area contributed by atoms with Crippen molar-refractivity contribution in [2.45, 2.75) is 60.0 Å². The van der Waals surface area contributed by atoms with Crippen LogP contribution in [0.5, 0.6) is 5.75 Å². The lowest BCUT2D eigenvalue weighted by Gasteiger charge is -2.18. The van der Waals surface area contributed by atoms with Crippen LogP contribution in [0.2, 0.25) is 0 Å². The lowest BCUT2D eigenvalue weighted by Crippen LogP contribution is -2.30. The van der Waals surface area contributed by atoms with Crippen LogP contribution in [0.3, 0.4) is 0 Å². The van der Waals surface area contributed by atoms with E-state index in [2.05, 4.69) is 17.6 Å². The first-order valence-electron chi connectivity index (χ1n) is 12.4. The van der Waals surface area contributed by atoms with Gasteiger partial charge < -0.3 is 21.1 Å². The van der Waals surface area contributed by atoms with Gasteiger partial charge in [-0.3, -0.25) is 14.4 Å². The first-order chi connectivity index (χ1) is 17.5. The van der Waals surface area contributed by atoms with Crippen LogP contribution in [0.15, 0.2) is 36.4 Å². The molecule has 1 heterocycles. The monoisotopic (exact) mass is 519 g/mol. The quantitative estimate of drug-likeness (QED) is 0.380. The van der Waals surface area contributed by atoms with Gasteiger partial charge in [-0.15, -0.1) is 11.3 Å². The van der Waals surface area contributed by atoms with Crippen LogP contribution >= 0.6 is 11.3 Å². The molecule has 4 rings (SSSR count). The predicted octanol–water partition coefficient (Wildman–Crippen LogP) is 5.56. The molecule has 4 N–H and O–H groups in total. The van der Waals surface area contributed by atoms with Gasteiger partial charge in [-0.25, -0.2) is 0 Å². The van der Waals surface area contributed by atoms with Crippen LogP contribution in [0, 0.1) is 26.7 Å². The molecule has 1 aliphatic rings. The second-order valence-electron chi connectivity index (χ2n) is 9.92. The number of hydrogen-bond donors (Lipinski definition) is 3. The Bertz CT molecular complexity index is 1340. The minimum absolute atomic E-state index is 0.258. The number of nitrogens with two attached hydrogens (primary N) is 1. The van der Waals surface area contributed by atoms with Crippen LogP contribution in [0.25, 0.3) is 0 Å². The molecule has 0 aliphatic heterocycles. The fourth-order valence-electron chi connectivity index (χ4n) is 4.82. The Morgan fingerprint density at radius 2 is 1.70 bits per heavy atom. The summed E-state index contributed by atoms with van der Waals surface area (Å²) in [5.41, 5.74) is 11.4. The number of nitrogens with one attached hydrogen (secondary N) is 2. The number of ether oxygens (including phenoxy) is 1. The summed E-state index contributed by atoms with van der Waals surface area (Å²) in [4.78, 5) is 38.9. The maximum Gasteiger partial charge on any atom is 0.265 e. The largest absolute Gasteiger partial charge is 0.481 e. The van der Waals surface area contributed by atoms with Gasteiger partial charge in [-0.1, -0.05) is 24.6 Å². The van der Waals surface area contributed by atoms with Crippen molar-refractivity contribution in [1.82, 2.24) is 0 Å². The number of benzene rings is 2. The summed E-state index contributed by atoms with van der Waals surface area (Å²) in [7, 11) is 0. The van der Waals surface area contributed by atoms with E-state index in [0.717, 1.165) is 52.1 Å². The number of hydrogen-bond acceptors (Lipinski definition) is 5. The lowest BCUT2D eigenvalue weighted by atomic mass is 9.88. The van der Waals surface area contributed by atoms with E-state index in [0.29, 0.717) is 27.8 Å². The van der Waals surface area contributed by atoms with E-state index >= 15 is 0 Å². The number of carbonyl (C=O) groups excluding carboxylic acids is 3. The molecule has 2 unspecified atom stereocenters. The molecule has 37 heavy (non-hydrogen) atoms. The Hall–Kier alpha value is -3.65. The van der Waals surface area contributed by atoms with Crippen LogP contribution in [-0.2, 0) is 17.6 Å². The van der Waals surface area contributed by atoms with E-state index < -0.39 is 12.0 Å². The normalized spacial score (nSPS) is 15.4.